The molecule has 1 aliphatic heterocycles. The SMILES string of the molecule is Cn1cc(CN2CCN(c3ccc4c(=O)n(CC(F)F)cnc4c3)CC2)nn1. The minimum Gasteiger partial charge on any atom is -0.369 e. The molecule has 1 aliphatic rings. The summed E-state index contributed by atoms with van der Waals surface area (Å²) < 4.78 is 27.8. The number of aryl methyl sites for hydroxylation is 1. The Morgan fingerprint density at radius 2 is 1.96 bits per heavy atom. The van der Waals surface area contributed by atoms with Crippen molar-refractivity contribution >= 4 is 16.6 Å². The van der Waals surface area contributed by atoms with Crippen LogP contribution in [-0.2, 0) is 20.1 Å². The Morgan fingerprint density at radius 3 is 2.64 bits per heavy atom. The quantitative estimate of drug-likeness (QED) is 0.651. The van der Waals surface area contributed by atoms with Gasteiger partial charge in [0.1, 0.15) is 0 Å². The number of fused-ring (bicyclic) bond motifs is 1. The lowest BCUT2D eigenvalue weighted by molar-refractivity contribution is 0.125. The Kier molecular flexibility index (Phi) is 5.03. The van der Waals surface area contributed by atoms with E-state index in [0.717, 1.165) is 48.7 Å². The summed E-state index contributed by atoms with van der Waals surface area (Å²) in [5.74, 6) is 0. The number of piperazine rings is 1. The van der Waals surface area contributed by atoms with Crippen LogP contribution in [0.15, 0.2) is 35.5 Å². The third-order valence-electron chi connectivity index (χ3n) is 4.92. The lowest BCUT2D eigenvalue weighted by Crippen LogP contribution is -2.46. The first-order valence-electron chi connectivity index (χ1n) is 9.09. The van der Waals surface area contributed by atoms with Crippen molar-refractivity contribution in [2.24, 2.45) is 7.05 Å². The largest absolute Gasteiger partial charge is 0.369 e. The summed E-state index contributed by atoms with van der Waals surface area (Å²) in [7, 11) is 1.85. The van der Waals surface area contributed by atoms with Crippen LogP contribution in [0.2, 0.25) is 0 Å². The van der Waals surface area contributed by atoms with E-state index in [2.05, 4.69) is 25.1 Å². The van der Waals surface area contributed by atoms with Crippen molar-refractivity contribution in [2.75, 3.05) is 31.1 Å². The van der Waals surface area contributed by atoms with Gasteiger partial charge in [-0.2, -0.15) is 0 Å². The maximum Gasteiger partial charge on any atom is 0.261 e. The first kappa shape index (κ1) is 18.5. The maximum absolute atomic E-state index is 12.6. The molecule has 1 aromatic carbocycles. The maximum atomic E-state index is 12.6. The Labute approximate surface area is 160 Å². The zero-order valence-electron chi connectivity index (χ0n) is 15.5. The standard InChI is InChI=1S/C18H21F2N7O/c1-24-9-13(22-23-24)10-25-4-6-26(7-5-25)14-2-3-15-16(8-14)21-12-27(18(15)28)11-17(19)20/h2-3,8-9,12,17H,4-7,10-11H2,1H3. The van der Waals surface area contributed by atoms with Crippen molar-refractivity contribution in [3.8, 4) is 0 Å². The fourth-order valence-electron chi connectivity index (χ4n) is 3.48. The van der Waals surface area contributed by atoms with Crippen LogP contribution in [0.5, 0.6) is 0 Å². The number of anilines is 1. The van der Waals surface area contributed by atoms with Crippen molar-refractivity contribution in [1.82, 2.24) is 29.4 Å². The lowest BCUT2D eigenvalue weighted by atomic mass is 10.2. The molecule has 4 rings (SSSR count). The van der Waals surface area contributed by atoms with Crippen LogP contribution in [0.3, 0.4) is 0 Å². The van der Waals surface area contributed by atoms with Crippen LogP contribution >= 0.6 is 0 Å². The van der Waals surface area contributed by atoms with Crippen LogP contribution in [0, 0.1) is 0 Å². The van der Waals surface area contributed by atoms with E-state index in [9.17, 15) is 13.6 Å². The summed E-state index contributed by atoms with van der Waals surface area (Å²) in [6.45, 7) is 3.58. The lowest BCUT2D eigenvalue weighted by Gasteiger charge is -2.35. The van der Waals surface area contributed by atoms with Crippen LogP contribution in [-0.4, -0.2) is 62.0 Å². The van der Waals surface area contributed by atoms with E-state index in [4.69, 9.17) is 0 Å². The van der Waals surface area contributed by atoms with E-state index in [-0.39, 0.29) is 0 Å². The number of rotatable bonds is 5. The zero-order chi connectivity index (χ0) is 19.7. The number of nitrogens with zero attached hydrogens (tertiary/aromatic N) is 7. The molecule has 0 radical (unpaired) electrons. The van der Waals surface area contributed by atoms with Gasteiger partial charge in [-0.3, -0.25) is 18.9 Å². The van der Waals surface area contributed by atoms with Crippen LogP contribution in [0.1, 0.15) is 5.69 Å². The van der Waals surface area contributed by atoms with Gasteiger partial charge < -0.3 is 4.90 Å². The molecular formula is C18H21F2N7O. The summed E-state index contributed by atoms with van der Waals surface area (Å²) in [6.07, 6.45) is 0.524. The zero-order valence-corrected chi connectivity index (χ0v) is 15.5. The Morgan fingerprint density at radius 1 is 1.18 bits per heavy atom. The van der Waals surface area contributed by atoms with Crippen molar-refractivity contribution < 1.29 is 8.78 Å². The first-order valence-corrected chi connectivity index (χ1v) is 9.09. The first-order chi connectivity index (χ1) is 13.5. The number of hydrogen-bond donors (Lipinski definition) is 0. The second kappa shape index (κ2) is 7.63. The molecule has 0 N–H and O–H groups in total. The van der Waals surface area contributed by atoms with Crippen LogP contribution in [0.4, 0.5) is 14.5 Å². The molecule has 0 spiro atoms. The highest BCUT2D eigenvalue weighted by Crippen LogP contribution is 2.21. The van der Waals surface area contributed by atoms with E-state index in [1.807, 2.05) is 25.4 Å². The van der Waals surface area contributed by atoms with Gasteiger partial charge in [-0.05, 0) is 18.2 Å². The van der Waals surface area contributed by atoms with Gasteiger partial charge in [0.2, 0.25) is 0 Å². The molecule has 2 aromatic heterocycles. The summed E-state index contributed by atoms with van der Waals surface area (Å²) in [5.41, 5.74) is 2.01. The topological polar surface area (TPSA) is 72.1 Å². The molecule has 3 heterocycles. The molecule has 0 bridgehead atoms. The predicted molar refractivity (Wildman–Crippen MR) is 101 cm³/mol. The molecule has 1 fully saturated rings. The summed E-state index contributed by atoms with van der Waals surface area (Å²) in [4.78, 5) is 21.1. The molecular weight excluding hydrogens is 368 g/mol. The molecule has 3 aromatic rings. The average Bonchev–Trinajstić information content (AvgIpc) is 3.09. The summed E-state index contributed by atoms with van der Waals surface area (Å²) in [5, 5.41) is 8.44. The minimum atomic E-state index is -2.59. The number of alkyl halides is 2. The predicted octanol–water partition coefficient (Wildman–Crippen LogP) is 1.11. The van der Waals surface area contributed by atoms with Gasteiger partial charge in [0.25, 0.3) is 12.0 Å². The average molecular weight is 389 g/mol. The van der Waals surface area contributed by atoms with E-state index in [1.54, 1.807) is 10.7 Å². The normalized spacial score (nSPS) is 15.6. The fourth-order valence-corrected chi connectivity index (χ4v) is 3.48. The number of hydrogen-bond acceptors (Lipinski definition) is 6. The molecule has 0 amide bonds. The van der Waals surface area contributed by atoms with Gasteiger partial charge in [-0.25, -0.2) is 13.8 Å². The van der Waals surface area contributed by atoms with Crippen molar-refractivity contribution in [3.05, 3.63) is 46.8 Å². The summed E-state index contributed by atoms with van der Waals surface area (Å²) in [6, 6.07) is 5.38. The summed E-state index contributed by atoms with van der Waals surface area (Å²) >= 11 is 0. The molecule has 10 heteroatoms. The highest BCUT2D eigenvalue weighted by Gasteiger charge is 2.19. The van der Waals surface area contributed by atoms with Gasteiger partial charge in [-0.15, -0.1) is 5.10 Å². The minimum absolute atomic E-state index is 0.355. The molecule has 8 nitrogen and oxygen atoms in total. The van der Waals surface area contributed by atoms with E-state index in [0.29, 0.717) is 10.9 Å². The number of benzene rings is 1. The van der Waals surface area contributed by atoms with Gasteiger partial charge in [-0.1, -0.05) is 5.21 Å². The molecule has 1 saturated heterocycles. The van der Waals surface area contributed by atoms with E-state index in [1.165, 1.54) is 6.33 Å². The third kappa shape index (κ3) is 3.86. The van der Waals surface area contributed by atoms with Crippen LogP contribution in [0.25, 0.3) is 10.9 Å². The monoisotopic (exact) mass is 389 g/mol. The van der Waals surface area contributed by atoms with Gasteiger partial charge in [0, 0.05) is 51.7 Å². The smallest absolute Gasteiger partial charge is 0.261 e. The van der Waals surface area contributed by atoms with E-state index >= 15 is 0 Å². The molecule has 148 valence electrons. The Hall–Kier alpha value is -2.88. The van der Waals surface area contributed by atoms with Gasteiger partial charge in [0.05, 0.1) is 29.5 Å². The molecule has 0 unspecified atom stereocenters. The van der Waals surface area contributed by atoms with Crippen molar-refractivity contribution in [3.63, 3.8) is 0 Å². The Balaban J connectivity index is 1.45. The number of halogens is 2. The molecule has 0 atom stereocenters. The van der Waals surface area contributed by atoms with Crippen molar-refractivity contribution in [2.45, 2.75) is 19.5 Å². The third-order valence-corrected chi connectivity index (χ3v) is 4.92. The van der Waals surface area contributed by atoms with E-state index < -0.39 is 18.5 Å². The van der Waals surface area contributed by atoms with Gasteiger partial charge >= 0.3 is 0 Å². The van der Waals surface area contributed by atoms with Crippen LogP contribution < -0.4 is 10.5 Å². The highest BCUT2D eigenvalue weighted by molar-refractivity contribution is 5.81. The highest BCUT2D eigenvalue weighted by atomic mass is 19.3. The van der Waals surface area contributed by atoms with Crippen molar-refractivity contribution in [1.29, 1.82) is 0 Å². The molecule has 0 saturated carbocycles. The second-order valence-electron chi connectivity index (χ2n) is 6.94. The van der Waals surface area contributed by atoms with Gasteiger partial charge in [0.15, 0.2) is 0 Å². The fraction of sp³-hybridized carbons (Fsp3) is 0.444. The second-order valence-corrected chi connectivity index (χ2v) is 6.94. The molecule has 0 aliphatic carbocycles. The number of aromatic nitrogens is 5. The Bertz CT molecular complexity index is 1020. The molecule has 28 heavy (non-hydrogen) atoms.